The summed E-state index contributed by atoms with van der Waals surface area (Å²) >= 11 is 24.5. The fourth-order valence-corrected chi connectivity index (χ4v) is 4.94. The zero-order valence-electron chi connectivity index (χ0n) is 17.8. The molecule has 1 aliphatic rings. The van der Waals surface area contributed by atoms with Crippen molar-refractivity contribution in [2.75, 3.05) is 12.0 Å². The average molecular weight is 531 g/mol. The molecule has 1 fully saturated rings. The first kappa shape index (κ1) is 23.0. The van der Waals surface area contributed by atoms with Crippen molar-refractivity contribution in [3.05, 3.63) is 99.4 Å². The van der Waals surface area contributed by atoms with Crippen LogP contribution in [0.2, 0.25) is 15.1 Å². The normalized spacial score (nSPS) is 17.6. The first-order valence-corrected chi connectivity index (χ1v) is 11.9. The number of hydrogen-bond donors (Lipinski definition) is 1. The lowest BCUT2D eigenvalue weighted by molar-refractivity contribution is 0.415. The number of thiocarbonyl (C=S) groups is 1. The van der Waals surface area contributed by atoms with Crippen LogP contribution in [-0.2, 0) is 0 Å². The van der Waals surface area contributed by atoms with E-state index in [4.69, 9.17) is 56.2 Å². The third-order valence-electron chi connectivity index (χ3n) is 5.63. The third kappa shape index (κ3) is 4.23. The molecule has 2 aromatic heterocycles. The summed E-state index contributed by atoms with van der Waals surface area (Å²) in [5, 5.41) is 5.37. The van der Waals surface area contributed by atoms with Gasteiger partial charge in [0.2, 0.25) is 0 Å². The Kier molecular flexibility index (Phi) is 6.40. The number of nitrogens with zero attached hydrogens (tertiary/aromatic N) is 2. The van der Waals surface area contributed by atoms with Gasteiger partial charge in [0.1, 0.15) is 23.3 Å². The molecule has 5 rings (SSSR count). The van der Waals surface area contributed by atoms with Crippen LogP contribution in [-0.4, -0.2) is 17.2 Å². The molecule has 1 saturated heterocycles. The molecule has 0 amide bonds. The molecule has 3 heterocycles. The van der Waals surface area contributed by atoms with Crippen LogP contribution in [0.4, 0.5) is 5.69 Å². The summed E-state index contributed by atoms with van der Waals surface area (Å²) in [4.78, 5) is 6.55. The van der Waals surface area contributed by atoms with E-state index in [-0.39, 0.29) is 12.1 Å². The second-order valence-corrected chi connectivity index (χ2v) is 9.25. The lowest BCUT2D eigenvalue weighted by atomic mass is 10.0. The summed E-state index contributed by atoms with van der Waals surface area (Å²) in [6, 6.07) is 20.0. The van der Waals surface area contributed by atoms with Crippen LogP contribution in [0.3, 0.4) is 0 Å². The summed E-state index contributed by atoms with van der Waals surface area (Å²) in [6.07, 6.45) is 1.76. The molecule has 0 spiro atoms. The standard InChI is InChI=1S/C25H18Cl3N3O2S/c1-32-21-8-6-15(13-18(21)28)31-24(23(30-25(31)34)19-4-2-3-11-29-19)22-10-9-20(33-22)14-5-7-16(26)17(27)12-14/h2-13,23-24H,1H3,(H,30,34)/t23-,24+/m1/s1. The number of aromatic nitrogens is 1. The van der Waals surface area contributed by atoms with Crippen LogP contribution in [0.5, 0.6) is 5.75 Å². The van der Waals surface area contributed by atoms with Crippen molar-refractivity contribution < 1.29 is 9.15 Å². The van der Waals surface area contributed by atoms with Gasteiger partial charge in [0.25, 0.3) is 0 Å². The van der Waals surface area contributed by atoms with E-state index >= 15 is 0 Å². The summed E-state index contributed by atoms with van der Waals surface area (Å²) in [5.41, 5.74) is 2.46. The van der Waals surface area contributed by atoms with E-state index in [1.165, 1.54) is 0 Å². The van der Waals surface area contributed by atoms with E-state index in [1.807, 2.05) is 59.5 Å². The number of benzene rings is 2. The molecule has 9 heteroatoms. The van der Waals surface area contributed by atoms with E-state index in [0.29, 0.717) is 37.5 Å². The van der Waals surface area contributed by atoms with Gasteiger partial charge in [-0.1, -0.05) is 40.9 Å². The highest BCUT2D eigenvalue weighted by Gasteiger charge is 2.42. The minimum atomic E-state index is -0.316. The second-order valence-electron chi connectivity index (χ2n) is 7.65. The van der Waals surface area contributed by atoms with Crippen molar-refractivity contribution in [1.29, 1.82) is 0 Å². The van der Waals surface area contributed by atoms with Gasteiger partial charge >= 0.3 is 0 Å². The first-order valence-electron chi connectivity index (χ1n) is 10.4. The van der Waals surface area contributed by atoms with Gasteiger partial charge in [-0.3, -0.25) is 4.98 Å². The molecule has 1 aliphatic heterocycles. The zero-order chi connectivity index (χ0) is 23.8. The number of rotatable bonds is 5. The van der Waals surface area contributed by atoms with Gasteiger partial charge in [0, 0.05) is 17.4 Å². The number of halogens is 3. The molecule has 5 nitrogen and oxygen atoms in total. The van der Waals surface area contributed by atoms with Crippen molar-refractivity contribution in [2.24, 2.45) is 0 Å². The Morgan fingerprint density at radius 3 is 2.53 bits per heavy atom. The summed E-state index contributed by atoms with van der Waals surface area (Å²) < 4.78 is 11.7. The highest BCUT2D eigenvalue weighted by molar-refractivity contribution is 7.80. The SMILES string of the molecule is COc1ccc(N2C(=S)N[C@H](c3ccccn3)[C@@H]2c2ccc(-c3ccc(Cl)c(Cl)c3)o2)cc1Cl. The van der Waals surface area contributed by atoms with E-state index in [9.17, 15) is 0 Å². The van der Waals surface area contributed by atoms with Gasteiger partial charge in [0.05, 0.1) is 33.9 Å². The monoisotopic (exact) mass is 529 g/mol. The molecule has 2 aromatic carbocycles. The van der Waals surface area contributed by atoms with Gasteiger partial charge < -0.3 is 19.4 Å². The fourth-order valence-electron chi connectivity index (χ4n) is 4.04. The maximum absolute atomic E-state index is 6.44. The summed E-state index contributed by atoms with van der Waals surface area (Å²) in [6.45, 7) is 0. The molecule has 0 saturated carbocycles. The lowest BCUT2D eigenvalue weighted by Crippen LogP contribution is -2.29. The molecule has 4 aromatic rings. The van der Waals surface area contributed by atoms with Crippen molar-refractivity contribution in [1.82, 2.24) is 10.3 Å². The third-order valence-corrected chi connectivity index (χ3v) is 6.98. The molecule has 2 atom stereocenters. The van der Waals surface area contributed by atoms with E-state index in [0.717, 1.165) is 16.9 Å². The minimum absolute atomic E-state index is 0.248. The molecule has 0 aliphatic carbocycles. The van der Waals surface area contributed by atoms with Crippen LogP contribution < -0.4 is 15.0 Å². The highest BCUT2D eigenvalue weighted by atomic mass is 35.5. The molecule has 34 heavy (non-hydrogen) atoms. The van der Waals surface area contributed by atoms with E-state index < -0.39 is 0 Å². The lowest BCUT2D eigenvalue weighted by Gasteiger charge is -2.26. The topological polar surface area (TPSA) is 50.5 Å². The molecular formula is C25H18Cl3N3O2S. The largest absolute Gasteiger partial charge is 0.495 e. The van der Waals surface area contributed by atoms with E-state index in [2.05, 4.69) is 10.3 Å². The Morgan fingerprint density at radius 1 is 0.971 bits per heavy atom. The summed E-state index contributed by atoms with van der Waals surface area (Å²) in [5.74, 6) is 1.95. The van der Waals surface area contributed by atoms with Crippen LogP contribution >= 0.6 is 47.0 Å². The number of anilines is 1. The van der Waals surface area contributed by atoms with Gasteiger partial charge in [-0.25, -0.2) is 0 Å². The number of methoxy groups -OCH3 is 1. The maximum atomic E-state index is 6.44. The smallest absolute Gasteiger partial charge is 0.174 e. The second kappa shape index (κ2) is 9.47. The first-order chi connectivity index (χ1) is 16.5. The molecule has 1 N–H and O–H groups in total. The summed E-state index contributed by atoms with van der Waals surface area (Å²) in [7, 11) is 1.58. The fraction of sp³-hybridized carbons (Fsp3) is 0.120. The average Bonchev–Trinajstić information content (AvgIpc) is 3.46. The van der Waals surface area contributed by atoms with Crippen molar-refractivity contribution in [3.63, 3.8) is 0 Å². The molecular weight excluding hydrogens is 513 g/mol. The number of furan rings is 1. The van der Waals surface area contributed by atoms with Gasteiger partial charge in [-0.05, 0) is 72.9 Å². The van der Waals surface area contributed by atoms with Crippen LogP contribution in [0, 0.1) is 0 Å². The van der Waals surface area contributed by atoms with Crippen molar-refractivity contribution >= 4 is 57.8 Å². The van der Waals surface area contributed by atoms with Gasteiger partial charge in [-0.15, -0.1) is 0 Å². The predicted octanol–water partition coefficient (Wildman–Crippen LogP) is 7.49. The van der Waals surface area contributed by atoms with Crippen molar-refractivity contribution in [2.45, 2.75) is 12.1 Å². The Labute approximate surface area is 217 Å². The number of ether oxygens (including phenoxy) is 1. The van der Waals surface area contributed by atoms with Gasteiger partial charge in [0.15, 0.2) is 5.11 Å². The Morgan fingerprint density at radius 2 is 1.82 bits per heavy atom. The van der Waals surface area contributed by atoms with Crippen LogP contribution in [0.1, 0.15) is 23.5 Å². The number of nitrogens with one attached hydrogen (secondary N) is 1. The molecule has 0 bridgehead atoms. The molecule has 0 unspecified atom stereocenters. The van der Waals surface area contributed by atoms with E-state index in [1.54, 1.807) is 25.4 Å². The minimum Gasteiger partial charge on any atom is -0.495 e. The number of pyridine rings is 1. The van der Waals surface area contributed by atoms with Gasteiger partial charge in [-0.2, -0.15) is 0 Å². The van der Waals surface area contributed by atoms with Crippen LogP contribution in [0.15, 0.2) is 77.3 Å². The zero-order valence-corrected chi connectivity index (χ0v) is 20.9. The Hall–Kier alpha value is -2.77. The molecule has 172 valence electrons. The Balaban J connectivity index is 1.60. The highest BCUT2D eigenvalue weighted by Crippen LogP contribution is 2.44. The van der Waals surface area contributed by atoms with Crippen LogP contribution in [0.25, 0.3) is 11.3 Å². The number of hydrogen-bond acceptors (Lipinski definition) is 4. The van der Waals surface area contributed by atoms with Crippen molar-refractivity contribution in [3.8, 4) is 17.1 Å². The predicted molar refractivity (Wildman–Crippen MR) is 140 cm³/mol. The Bertz CT molecular complexity index is 1360. The quantitative estimate of drug-likeness (QED) is 0.270. The maximum Gasteiger partial charge on any atom is 0.174 e. The molecule has 0 radical (unpaired) electrons.